The predicted molar refractivity (Wildman–Crippen MR) is 77.1 cm³/mol. The average molecular weight is 256 g/mol. The molecule has 1 unspecified atom stereocenters. The van der Waals surface area contributed by atoms with E-state index in [-0.39, 0.29) is 6.04 Å². The molecule has 1 aliphatic carbocycles. The molecule has 4 nitrogen and oxygen atoms in total. The van der Waals surface area contributed by atoms with Crippen molar-refractivity contribution in [2.75, 3.05) is 11.9 Å². The number of anilines is 1. The van der Waals surface area contributed by atoms with Crippen LogP contribution in [-0.4, -0.2) is 16.1 Å². The second-order valence-corrected chi connectivity index (χ2v) is 5.26. The van der Waals surface area contributed by atoms with Gasteiger partial charge in [-0.05, 0) is 31.9 Å². The Hall–Kier alpha value is -1.81. The van der Waals surface area contributed by atoms with Crippen LogP contribution in [0.3, 0.4) is 0 Å². The van der Waals surface area contributed by atoms with Gasteiger partial charge in [-0.1, -0.05) is 17.7 Å². The monoisotopic (exact) mass is 256 g/mol. The van der Waals surface area contributed by atoms with Crippen molar-refractivity contribution in [1.29, 1.82) is 0 Å². The summed E-state index contributed by atoms with van der Waals surface area (Å²) in [7, 11) is 0. The van der Waals surface area contributed by atoms with Crippen molar-refractivity contribution in [2.24, 2.45) is 5.73 Å². The van der Waals surface area contributed by atoms with Crippen LogP contribution in [0.5, 0.6) is 0 Å². The second kappa shape index (κ2) is 5.05. The van der Waals surface area contributed by atoms with Gasteiger partial charge in [-0.2, -0.15) is 0 Å². The summed E-state index contributed by atoms with van der Waals surface area (Å²) in [5, 5.41) is 3.50. The normalized spacial score (nSPS) is 16.3. The van der Waals surface area contributed by atoms with Crippen molar-refractivity contribution in [3.05, 3.63) is 48.0 Å². The first-order valence-electron chi connectivity index (χ1n) is 6.83. The van der Waals surface area contributed by atoms with Gasteiger partial charge in [-0.3, -0.25) is 0 Å². The molecule has 0 radical (unpaired) electrons. The lowest BCUT2D eigenvalue weighted by atomic mass is 10.1. The second-order valence-electron chi connectivity index (χ2n) is 5.26. The number of nitrogens with one attached hydrogen (secondary N) is 1. The van der Waals surface area contributed by atoms with Crippen LogP contribution < -0.4 is 11.1 Å². The maximum atomic E-state index is 5.93. The lowest BCUT2D eigenvalue weighted by Gasteiger charge is -2.20. The van der Waals surface area contributed by atoms with Gasteiger partial charge in [0.1, 0.15) is 0 Å². The van der Waals surface area contributed by atoms with E-state index in [9.17, 15) is 0 Å². The van der Waals surface area contributed by atoms with Gasteiger partial charge in [0.2, 0.25) is 0 Å². The fourth-order valence-electron chi connectivity index (χ4n) is 2.35. The van der Waals surface area contributed by atoms with Crippen LogP contribution >= 0.6 is 0 Å². The van der Waals surface area contributed by atoms with Crippen LogP contribution in [0.15, 0.2) is 36.8 Å². The highest BCUT2D eigenvalue weighted by Crippen LogP contribution is 2.37. The predicted octanol–water partition coefficient (Wildman–Crippen LogP) is 2.64. The molecule has 19 heavy (non-hydrogen) atoms. The van der Waals surface area contributed by atoms with Crippen LogP contribution in [0.1, 0.15) is 36.2 Å². The number of rotatable bonds is 5. The molecule has 2 aromatic rings. The summed E-state index contributed by atoms with van der Waals surface area (Å²) >= 11 is 0. The van der Waals surface area contributed by atoms with E-state index in [1.165, 1.54) is 24.1 Å². The molecule has 1 atom stereocenters. The molecule has 4 heteroatoms. The molecule has 1 aromatic carbocycles. The molecule has 3 rings (SSSR count). The van der Waals surface area contributed by atoms with Crippen LogP contribution in [-0.2, 0) is 0 Å². The molecule has 3 N–H and O–H groups in total. The van der Waals surface area contributed by atoms with Gasteiger partial charge in [-0.25, -0.2) is 4.98 Å². The molecule has 1 aromatic heterocycles. The van der Waals surface area contributed by atoms with Crippen molar-refractivity contribution in [1.82, 2.24) is 9.55 Å². The SMILES string of the molecule is Cc1ccc(NC(CN)c2cncn2C2CC2)cc1. The number of imidazole rings is 1. The minimum atomic E-state index is 0.116. The van der Waals surface area contributed by atoms with Gasteiger partial charge in [-0.15, -0.1) is 0 Å². The quantitative estimate of drug-likeness (QED) is 0.864. The molecule has 1 heterocycles. The van der Waals surface area contributed by atoms with E-state index in [0.717, 1.165) is 5.69 Å². The molecule has 0 amide bonds. The molecule has 0 aliphatic heterocycles. The number of nitrogens with zero attached hydrogens (tertiary/aromatic N) is 2. The zero-order chi connectivity index (χ0) is 13.2. The van der Waals surface area contributed by atoms with Crippen molar-refractivity contribution in [3.8, 4) is 0 Å². The molecule has 0 bridgehead atoms. The van der Waals surface area contributed by atoms with E-state index < -0.39 is 0 Å². The summed E-state index contributed by atoms with van der Waals surface area (Å²) in [6.07, 6.45) is 6.36. The van der Waals surface area contributed by atoms with E-state index >= 15 is 0 Å². The van der Waals surface area contributed by atoms with Gasteiger partial charge in [0.05, 0.1) is 24.3 Å². The van der Waals surface area contributed by atoms with Crippen LogP contribution in [0.4, 0.5) is 5.69 Å². The highest BCUT2D eigenvalue weighted by atomic mass is 15.1. The molecule has 1 fully saturated rings. The molecular formula is C15H20N4. The Morgan fingerprint density at radius 1 is 1.37 bits per heavy atom. The molecular weight excluding hydrogens is 236 g/mol. The number of aromatic nitrogens is 2. The van der Waals surface area contributed by atoms with E-state index in [0.29, 0.717) is 12.6 Å². The number of hydrogen-bond acceptors (Lipinski definition) is 3. The maximum Gasteiger partial charge on any atom is 0.0951 e. The molecule has 100 valence electrons. The molecule has 0 spiro atoms. The smallest absolute Gasteiger partial charge is 0.0951 e. The topological polar surface area (TPSA) is 55.9 Å². The van der Waals surface area contributed by atoms with Crippen molar-refractivity contribution in [3.63, 3.8) is 0 Å². The molecule has 1 saturated carbocycles. The first-order valence-corrected chi connectivity index (χ1v) is 6.83. The summed E-state index contributed by atoms with van der Waals surface area (Å²) in [5.41, 5.74) is 9.48. The Balaban J connectivity index is 1.80. The summed E-state index contributed by atoms with van der Waals surface area (Å²) in [4.78, 5) is 4.28. The van der Waals surface area contributed by atoms with Gasteiger partial charge in [0.25, 0.3) is 0 Å². The van der Waals surface area contributed by atoms with Crippen LogP contribution in [0.2, 0.25) is 0 Å². The lowest BCUT2D eigenvalue weighted by molar-refractivity contribution is 0.642. The standard InChI is InChI=1S/C15H20N4/c1-11-2-4-12(5-3-11)18-14(8-16)15-9-17-10-19(15)13-6-7-13/h2-5,9-10,13-14,18H,6-8,16H2,1H3. The Labute approximate surface area is 113 Å². The zero-order valence-electron chi connectivity index (χ0n) is 11.2. The largest absolute Gasteiger partial charge is 0.375 e. The van der Waals surface area contributed by atoms with E-state index in [1.807, 2.05) is 12.5 Å². The lowest BCUT2D eigenvalue weighted by Crippen LogP contribution is -2.23. The summed E-state index contributed by atoms with van der Waals surface area (Å²) in [5.74, 6) is 0. The van der Waals surface area contributed by atoms with Crippen LogP contribution in [0, 0.1) is 6.92 Å². The van der Waals surface area contributed by atoms with Crippen molar-refractivity contribution < 1.29 is 0 Å². The van der Waals surface area contributed by atoms with Crippen molar-refractivity contribution in [2.45, 2.75) is 31.8 Å². The first-order chi connectivity index (χ1) is 9.28. The minimum Gasteiger partial charge on any atom is -0.375 e. The number of benzene rings is 1. The van der Waals surface area contributed by atoms with Crippen LogP contribution in [0.25, 0.3) is 0 Å². The Morgan fingerprint density at radius 3 is 2.74 bits per heavy atom. The molecule has 0 saturated heterocycles. The summed E-state index contributed by atoms with van der Waals surface area (Å²) in [6.45, 7) is 2.65. The van der Waals surface area contributed by atoms with Gasteiger partial charge >= 0.3 is 0 Å². The maximum absolute atomic E-state index is 5.93. The minimum absolute atomic E-state index is 0.116. The summed E-state index contributed by atoms with van der Waals surface area (Å²) in [6, 6.07) is 9.14. The van der Waals surface area contributed by atoms with Crippen molar-refractivity contribution >= 4 is 5.69 Å². The average Bonchev–Trinajstić information content (AvgIpc) is 3.16. The molecule has 1 aliphatic rings. The Kier molecular flexibility index (Phi) is 3.25. The fraction of sp³-hybridized carbons (Fsp3) is 0.400. The third kappa shape index (κ3) is 2.63. The number of aryl methyl sites for hydroxylation is 1. The van der Waals surface area contributed by atoms with E-state index in [1.54, 1.807) is 0 Å². The highest BCUT2D eigenvalue weighted by molar-refractivity contribution is 5.46. The van der Waals surface area contributed by atoms with Gasteiger partial charge in [0, 0.05) is 18.3 Å². The zero-order valence-corrected chi connectivity index (χ0v) is 11.2. The number of hydrogen-bond donors (Lipinski definition) is 2. The third-order valence-corrected chi connectivity index (χ3v) is 3.62. The van der Waals surface area contributed by atoms with E-state index in [4.69, 9.17) is 5.73 Å². The summed E-state index contributed by atoms with van der Waals surface area (Å²) < 4.78 is 2.26. The third-order valence-electron chi connectivity index (χ3n) is 3.62. The first kappa shape index (κ1) is 12.2. The van der Waals surface area contributed by atoms with Gasteiger partial charge in [0.15, 0.2) is 0 Å². The van der Waals surface area contributed by atoms with Gasteiger partial charge < -0.3 is 15.6 Å². The Morgan fingerprint density at radius 2 is 2.11 bits per heavy atom. The fourth-order valence-corrected chi connectivity index (χ4v) is 2.35. The highest BCUT2D eigenvalue weighted by Gasteiger charge is 2.27. The Bertz CT molecular complexity index is 540. The van der Waals surface area contributed by atoms with E-state index in [2.05, 4.69) is 46.1 Å². The number of nitrogens with two attached hydrogens (primary N) is 1.